The largest absolute Gasteiger partial charge is 0.309 e. The van der Waals surface area contributed by atoms with Gasteiger partial charge in [0.15, 0.2) is 0 Å². The van der Waals surface area contributed by atoms with Crippen LogP contribution in [0.5, 0.6) is 0 Å². The maximum atomic E-state index is 13.7. The summed E-state index contributed by atoms with van der Waals surface area (Å²) in [5.74, 6) is -1.09. The van der Waals surface area contributed by atoms with E-state index < -0.39 is 11.6 Å². The fourth-order valence-electron chi connectivity index (χ4n) is 1.41. The van der Waals surface area contributed by atoms with Gasteiger partial charge < -0.3 is 4.90 Å². The van der Waals surface area contributed by atoms with Gasteiger partial charge in [-0.15, -0.1) is 0 Å². The summed E-state index contributed by atoms with van der Waals surface area (Å²) >= 11 is 6.09. The number of hydrogen-bond donors (Lipinski definition) is 0. The third-order valence-electron chi connectivity index (χ3n) is 2.24. The van der Waals surface area contributed by atoms with Gasteiger partial charge in [-0.1, -0.05) is 15.9 Å². The zero-order valence-corrected chi connectivity index (χ0v) is 12.3. The summed E-state index contributed by atoms with van der Waals surface area (Å²) in [5, 5.41) is 0. The van der Waals surface area contributed by atoms with Crippen molar-refractivity contribution in [1.82, 2.24) is 4.90 Å². The van der Waals surface area contributed by atoms with Gasteiger partial charge >= 0.3 is 0 Å². The van der Waals surface area contributed by atoms with Crippen molar-refractivity contribution in [3.05, 3.63) is 32.2 Å². The van der Waals surface area contributed by atoms with Crippen molar-refractivity contribution in [2.45, 2.75) is 12.8 Å². The number of hydrogen-bond acceptors (Lipinski definition) is 1. The van der Waals surface area contributed by atoms with Crippen LogP contribution >= 0.6 is 31.9 Å². The molecule has 0 aliphatic carbocycles. The van der Waals surface area contributed by atoms with Gasteiger partial charge in [0, 0.05) is 10.0 Å². The van der Waals surface area contributed by atoms with Crippen molar-refractivity contribution in [2.24, 2.45) is 0 Å². The third-order valence-corrected chi connectivity index (χ3v) is 3.68. The molecule has 0 saturated heterocycles. The molecule has 5 heteroatoms. The van der Waals surface area contributed by atoms with E-state index in [9.17, 15) is 8.78 Å². The Balaban J connectivity index is 2.84. The standard InChI is InChI=1S/C11H13Br2F2N/c1-16(2)5-3-4-7-8(12)6-9(14)10(13)11(7)15/h6H,3-5H2,1-2H3. The molecule has 0 unspecified atom stereocenters. The normalized spacial score (nSPS) is 11.2. The first-order valence-electron chi connectivity index (χ1n) is 4.90. The maximum absolute atomic E-state index is 13.7. The van der Waals surface area contributed by atoms with Crippen LogP contribution in [0, 0.1) is 11.6 Å². The molecule has 16 heavy (non-hydrogen) atoms. The highest BCUT2D eigenvalue weighted by atomic mass is 79.9. The summed E-state index contributed by atoms with van der Waals surface area (Å²) in [4.78, 5) is 2.03. The van der Waals surface area contributed by atoms with Gasteiger partial charge in [-0.25, -0.2) is 8.78 Å². The molecule has 1 aromatic rings. The first kappa shape index (κ1) is 14.1. The van der Waals surface area contributed by atoms with Gasteiger partial charge in [0.2, 0.25) is 0 Å². The minimum absolute atomic E-state index is 0.0875. The molecule has 1 rings (SSSR count). The van der Waals surface area contributed by atoms with Gasteiger partial charge in [-0.05, 0) is 55.5 Å². The molecular weight excluding hydrogens is 344 g/mol. The quantitative estimate of drug-likeness (QED) is 0.582. The summed E-state index contributed by atoms with van der Waals surface area (Å²) in [5.41, 5.74) is 0.523. The lowest BCUT2D eigenvalue weighted by molar-refractivity contribution is 0.398. The predicted octanol–water partition coefficient (Wildman–Crippen LogP) is 3.98. The monoisotopic (exact) mass is 355 g/mol. The van der Waals surface area contributed by atoms with Crippen molar-refractivity contribution in [1.29, 1.82) is 0 Å². The third kappa shape index (κ3) is 3.50. The van der Waals surface area contributed by atoms with E-state index in [1.165, 1.54) is 6.07 Å². The van der Waals surface area contributed by atoms with E-state index in [0.29, 0.717) is 16.5 Å². The molecule has 0 radical (unpaired) electrons. The topological polar surface area (TPSA) is 3.24 Å². The molecule has 1 nitrogen and oxygen atoms in total. The Bertz CT molecular complexity index is 381. The Morgan fingerprint density at radius 1 is 1.25 bits per heavy atom. The van der Waals surface area contributed by atoms with Crippen LogP contribution in [0.4, 0.5) is 8.78 Å². The summed E-state index contributed by atoms with van der Waals surface area (Å²) in [6.07, 6.45) is 1.42. The number of halogens is 4. The van der Waals surface area contributed by atoms with Crippen molar-refractivity contribution < 1.29 is 8.78 Å². The number of rotatable bonds is 4. The second-order valence-electron chi connectivity index (χ2n) is 3.85. The maximum Gasteiger partial charge on any atom is 0.144 e. The second-order valence-corrected chi connectivity index (χ2v) is 5.50. The molecule has 0 heterocycles. The average Bonchev–Trinajstić information content (AvgIpc) is 2.19. The van der Waals surface area contributed by atoms with Crippen LogP contribution in [0.15, 0.2) is 15.0 Å². The fraction of sp³-hybridized carbons (Fsp3) is 0.455. The van der Waals surface area contributed by atoms with Crippen molar-refractivity contribution >= 4 is 31.9 Å². The summed E-state index contributed by atoms with van der Waals surface area (Å²) in [6.45, 7) is 0.876. The van der Waals surface area contributed by atoms with Gasteiger partial charge in [-0.3, -0.25) is 0 Å². The Morgan fingerprint density at radius 3 is 2.44 bits per heavy atom. The SMILES string of the molecule is CN(C)CCCc1c(Br)cc(F)c(Br)c1F. The Morgan fingerprint density at radius 2 is 1.88 bits per heavy atom. The van der Waals surface area contributed by atoms with Crippen LogP contribution in [0.2, 0.25) is 0 Å². The van der Waals surface area contributed by atoms with E-state index >= 15 is 0 Å². The van der Waals surface area contributed by atoms with E-state index in [2.05, 4.69) is 31.9 Å². The molecule has 1 aromatic carbocycles. The van der Waals surface area contributed by atoms with Crippen LogP contribution in [0.3, 0.4) is 0 Å². The van der Waals surface area contributed by atoms with E-state index in [0.717, 1.165) is 13.0 Å². The highest BCUT2D eigenvalue weighted by molar-refractivity contribution is 9.11. The number of nitrogens with zero attached hydrogens (tertiary/aromatic N) is 1. The van der Waals surface area contributed by atoms with E-state index in [1.54, 1.807) is 0 Å². The molecule has 90 valence electrons. The van der Waals surface area contributed by atoms with E-state index in [4.69, 9.17) is 0 Å². The van der Waals surface area contributed by atoms with Crippen molar-refractivity contribution in [3.8, 4) is 0 Å². The molecule has 0 amide bonds. The van der Waals surface area contributed by atoms with Crippen LogP contribution in [-0.2, 0) is 6.42 Å². The summed E-state index contributed by atoms with van der Waals surface area (Å²) < 4.78 is 27.3. The molecule has 0 bridgehead atoms. The van der Waals surface area contributed by atoms with E-state index in [1.807, 2.05) is 19.0 Å². The van der Waals surface area contributed by atoms with Gasteiger partial charge in [-0.2, -0.15) is 0 Å². The van der Waals surface area contributed by atoms with E-state index in [-0.39, 0.29) is 4.47 Å². The highest BCUT2D eigenvalue weighted by Crippen LogP contribution is 2.29. The Labute approximate surface area is 111 Å². The van der Waals surface area contributed by atoms with Gasteiger partial charge in [0.1, 0.15) is 11.6 Å². The average molecular weight is 357 g/mol. The zero-order valence-electron chi connectivity index (χ0n) is 9.16. The summed E-state index contributed by atoms with van der Waals surface area (Å²) in [6, 6.07) is 1.29. The Hall–Kier alpha value is -0.000000000000000111. The fourth-order valence-corrected chi connectivity index (χ4v) is 2.33. The number of benzene rings is 1. The lowest BCUT2D eigenvalue weighted by atomic mass is 10.1. The molecule has 0 aliphatic heterocycles. The van der Waals surface area contributed by atoms with Crippen LogP contribution in [0.25, 0.3) is 0 Å². The minimum Gasteiger partial charge on any atom is -0.309 e. The van der Waals surface area contributed by atoms with Crippen molar-refractivity contribution in [2.75, 3.05) is 20.6 Å². The first-order valence-corrected chi connectivity index (χ1v) is 6.48. The summed E-state index contributed by atoms with van der Waals surface area (Å²) in [7, 11) is 3.93. The minimum atomic E-state index is -0.583. The van der Waals surface area contributed by atoms with Crippen LogP contribution in [0.1, 0.15) is 12.0 Å². The zero-order chi connectivity index (χ0) is 12.3. The molecule has 0 saturated carbocycles. The molecule has 0 N–H and O–H groups in total. The Kier molecular flexibility index (Phi) is 5.34. The lowest BCUT2D eigenvalue weighted by Gasteiger charge is -2.11. The molecule has 0 atom stereocenters. The highest BCUT2D eigenvalue weighted by Gasteiger charge is 2.15. The smallest absolute Gasteiger partial charge is 0.144 e. The lowest BCUT2D eigenvalue weighted by Crippen LogP contribution is -2.14. The van der Waals surface area contributed by atoms with Gasteiger partial charge in [0.05, 0.1) is 4.47 Å². The molecule has 0 aliphatic rings. The first-order chi connectivity index (χ1) is 7.43. The molecule has 0 spiro atoms. The predicted molar refractivity (Wildman–Crippen MR) is 68.6 cm³/mol. The molecule has 0 fully saturated rings. The van der Waals surface area contributed by atoms with Crippen molar-refractivity contribution in [3.63, 3.8) is 0 Å². The second kappa shape index (κ2) is 6.07. The molecular formula is C11H13Br2F2N. The van der Waals surface area contributed by atoms with Crippen LogP contribution in [-0.4, -0.2) is 25.5 Å². The van der Waals surface area contributed by atoms with Gasteiger partial charge in [0.25, 0.3) is 0 Å². The van der Waals surface area contributed by atoms with Crippen LogP contribution < -0.4 is 0 Å². The molecule has 0 aromatic heterocycles.